The Morgan fingerprint density at radius 1 is 1.30 bits per heavy atom. The fraction of sp³-hybridized carbons (Fsp3) is 0.312. The van der Waals surface area contributed by atoms with E-state index in [2.05, 4.69) is 10.4 Å². The number of nitrogens with zero attached hydrogens (tertiary/aromatic N) is 2. The number of benzene rings is 1. The van der Waals surface area contributed by atoms with Gasteiger partial charge in [-0.1, -0.05) is 18.2 Å². The second-order valence-electron chi connectivity index (χ2n) is 5.19. The Morgan fingerprint density at radius 3 is 2.61 bits per heavy atom. The molecule has 0 aliphatic rings. The predicted molar refractivity (Wildman–Crippen MR) is 84.6 cm³/mol. The molecule has 1 aromatic heterocycles. The lowest BCUT2D eigenvalue weighted by Crippen LogP contribution is -2.21. The number of ether oxygens (including phenoxy) is 1. The zero-order chi connectivity index (χ0) is 17.0. The van der Waals surface area contributed by atoms with Crippen molar-refractivity contribution in [2.45, 2.75) is 20.3 Å². The number of rotatable bonds is 6. The minimum atomic E-state index is -0.954. The van der Waals surface area contributed by atoms with Crippen molar-refractivity contribution >= 4 is 17.6 Å². The SMILES string of the molecule is Cc1nn(C)c(C)c1OCC(=O)Nc1ccccc1CC(=O)O. The fourth-order valence-electron chi connectivity index (χ4n) is 2.25. The van der Waals surface area contributed by atoms with Crippen LogP contribution in [0.25, 0.3) is 0 Å². The highest BCUT2D eigenvalue weighted by Crippen LogP contribution is 2.21. The smallest absolute Gasteiger partial charge is 0.307 e. The fourth-order valence-corrected chi connectivity index (χ4v) is 2.25. The normalized spacial score (nSPS) is 10.4. The highest BCUT2D eigenvalue weighted by Gasteiger charge is 2.14. The molecule has 1 heterocycles. The largest absolute Gasteiger partial charge is 0.481 e. The molecule has 1 amide bonds. The molecule has 0 unspecified atom stereocenters. The van der Waals surface area contributed by atoms with Crippen molar-refractivity contribution in [2.75, 3.05) is 11.9 Å². The maximum Gasteiger partial charge on any atom is 0.307 e. The van der Waals surface area contributed by atoms with Gasteiger partial charge in [0.25, 0.3) is 5.91 Å². The summed E-state index contributed by atoms with van der Waals surface area (Å²) in [4.78, 5) is 22.9. The van der Waals surface area contributed by atoms with Gasteiger partial charge in [0.2, 0.25) is 0 Å². The molecule has 0 bridgehead atoms. The summed E-state index contributed by atoms with van der Waals surface area (Å²) in [5.41, 5.74) is 2.57. The van der Waals surface area contributed by atoms with Gasteiger partial charge in [-0.05, 0) is 25.5 Å². The minimum Gasteiger partial charge on any atom is -0.481 e. The first-order valence-corrected chi connectivity index (χ1v) is 7.11. The summed E-state index contributed by atoms with van der Waals surface area (Å²) in [6, 6.07) is 6.79. The Kier molecular flexibility index (Phi) is 5.00. The quantitative estimate of drug-likeness (QED) is 0.845. The number of hydrogen-bond acceptors (Lipinski definition) is 4. The molecule has 0 spiro atoms. The number of nitrogens with one attached hydrogen (secondary N) is 1. The standard InChI is InChI=1S/C16H19N3O4/c1-10-16(11(2)19(3)18-10)23-9-14(20)17-13-7-5-4-6-12(13)8-15(21)22/h4-7H,8-9H2,1-3H3,(H,17,20)(H,21,22). The molecular weight excluding hydrogens is 298 g/mol. The molecule has 0 atom stereocenters. The van der Waals surface area contributed by atoms with Crippen molar-refractivity contribution in [2.24, 2.45) is 7.05 Å². The van der Waals surface area contributed by atoms with Gasteiger partial charge in [-0.15, -0.1) is 0 Å². The lowest BCUT2D eigenvalue weighted by atomic mass is 10.1. The highest BCUT2D eigenvalue weighted by atomic mass is 16.5. The van der Waals surface area contributed by atoms with E-state index in [1.807, 2.05) is 13.8 Å². The van der Waals surface area contributed by atoms with E-state index < -0.39 is 5.97 Å². The first-order valence-electron chi connectivity index (χ1n) is 7.11. The maximum absolute atomic E-state index is 12.0. The Morgan fingerprint density at radius 2 is 2.00 bits per heavy atom. The van der Waals surface area contributed by atoms with Crippen LogP contribution in [0.2, 0.25) is 0 Å². The third-order valence-electron chi connectivity index (χ3n) is 3.42. The van der Waals surface area contributed by atoms with Crippen LogP contribution in [0.4, 0.5) is 5.69 Å². The highest BCUT2D eigenvalue weighted by molar-refractivity contribution is 5.93. The van der Waals surface area contributed by atoms with Gasteiger partial charge < -0.3 is 15.2 Å². The molecule has 0 radical (unpaired) electrons. The van der Waals surface area contributed by atoms with E-state index in [4.69, 9.17) is 9.84 Å². The van der Waals surface area contributed by atoms with E-state index in [9.17, 15) is 9.59 Å². The van der Waals surface area contributed by atoms with E-state index in [0.717, 1.165) is 5.69 Å². The van der Waals surface area contributed by atoms with Crippen molar-refractivity contribution < 1.29 is 19.4 Å². The Hall–Kier alpha value is -2.83. The van der Waals surface area contributed by atoms with Crippen LogP contribution in [0, 0.1) is 13.8 Å². The summed E-state index contributed by atoms with van der Waals surface area (Å²) in [5, 5.41) is 15.8. The molecule has 0 aliphatic carbocycles. The monoisotopic (exact) mass is 317 g/mol. The summed E-state index contributed by atoms with van der Waals surface area (Å²) in [5.74, 6) is -0.725. The topological polar surface area (TPSA) is 93.5 Å². The van der Waals surface area contributed by atoms with Crippen LogP contribution in [0.15, 0.2) is 24.3 Å². The molecule has 0 fully saturated rings. The molecular formula is C16H19N3O4. The van der Waals surface area contributed by atoms with Crippen LogP contribution in [0.5, 0.6) is 5.75 Å². The number of carboxylic acid groups (broad SMARTS) is 1. The number of aryl methyl sites for hydroxylation is 2. The second kappa shape index (κ2) is 6.95. The number of carbonyl (C=O) groups excluding carboxylic acids is 1. The van der Waals surface area contributed by atoms with Gasteiger partial charge >= 0.3 is 5.97 Å². The zero-order valence-electron chi connectivity index (χ0n) is 13.3. The number of aromatic nitrogens is 2. The van der Waals surface area contributed by atoms with Crippen molar-refractivity contribution in [1.29, 1.82) is 0 Å². The van der Waals surface area contributed by atoms with Crippen LogP contribution in [0.1, 0.15) is 17.0 Å². The minimum absolute atomic E-state index is 0.155. The average Bonchev–Trinajstić information content (AvgIpc) is 2.72. The molecule has 2 aromatic rings. The van der Waals surface area contributed by atoms with E-state index >= 15 is 0 Å². The Labute approximate surface area is 133 Å². The van der Waals surface area contributed by atoms with Gasteiger partial charge in [-0.25, -0.2) is 0 Å². The van der Waals surface area contributed by atoms with Crippen LogP contribution in [0.3, 0.4) is 0 Å². The number of aliphatic carboxylic acids is 1. The number of carbonyl (C=O) groups is 2. The molecule has 23 heavy (non-hydrogen) atoms. The van der Waals surface area contributed by atoms with Crippen LogP contribution in [-0.2, 0) is 23.1 Å². The molecule has 0 aliphatic heterocycles. The van der Waals surface area contributed by atoms with Crippen molar-refractivity contribution in [3.05, 3.63) is 41.2 Å². The average molecular weight is 317 g/mol. The van der Waals surface area contributed by atoms with Gasteiger partial charge in [0.15, 0.2) is 12.4 Å². The molecule has 2 rings (SSSR count). The molecule has 0 saturated heterocycles. The maximum atomic E-state index is 12.0. The number of carboxylic acids is 1. The summed E-state index contributed by atoms with van der Waals surface area (Å²) < 4.78 is 7.22. The van der Waals surface area contributed by atoms with Gasteiger partial charge in [-0.2, -0.15) is 5.10 Å². The first-order chi connectivity index (χ1) is 10.9. The van der Waals surface area contributed by atoms with Crippen molar-refractivity contribution in [3.63, 3.8) is 0 Å². The van der Waals surface area contributed by atoms with E-state index in [-0.39, 0.29) is 18.9 Å². The first kappa shape index (κ1) is 16.5. The lowest BCUT2D eigenvalue weighted by molar-refractivity contribution is -0.136. The van der Waals surface area contributed by atoms with Crippen LogP contribution in [-0.4, -0.2) is 33.4 Å². The summed E-state index contributed by atoms with van der Waals surface area (Å²) in [6.07, 6.45) is -0.155. The van der Waals surface area contributed by atoms with Gasteiger partial charge in [0, 0.05) is 12.7 Å². The summed E-state index contributed by atoms with van der Waals surface area (Å²) in [7, 11) is 1.80. The van der Waals surface area contributed by atoms with E-state index in [1.54, 1.807) is 36.0 Å². The van der Waals surface area contributed by atoms with Crippen molar-refractivity contribution in [1.82, 2.24) is 9.78 Å². The number of para-hydroxylation sites is 1. The zero-order valence-corrected chi connectivity index (χ0v) is 13.3. The van der Waals surface area contributed by atoms with Crippen molar-refractivity contribution in [3.8, 4) is 5.75 Å². The summed E-state index contributed by atoms with van der Waals surface area (Å²) >= 11 is 0. The predicted octanol–water partition coefficient (Wildman–Crippen LogP) is 1.68. The molecule has 7 nitrogen and oxygen atoms in total. The third-order valence-corrected chi connectivity index (χ3v) is 3.42. The summed E-state index contributed by atoms with van der Waals surface area (Å²) in [6.45, 7) is 3.49. The Balaban J connectivity index is 2.01. The van der Waals surface area contributed by atoms with Gasteiger partial charge in [-0.3, -0.25) is 14.3 Å². The number of anilines is 1. The van der Waals surface area contributed by atoms with Gasteiger partial charge in [0.05, 0.1) is 12.1 Å². The Bertz CT molecular complexity index is 737. The van der Waals surface area contributed by atoms with Crippen LogP contribution >= 0.6 is 0 Å². The van der Waals surface area contributed by atoms with E-state index in [0.29, 0.717) is 22.7 Å². The molecule has 2 N–H and O–H groups in total. The second-order valence-corrected chi connectivity index (χ2v) is 5.19. The number of amides is 1. The van der Waals surface area contributed by atoms with E-state index in [1.165, 1.54) is 0 Å². The number of hydrogen-bond donors (Lipinski definition) is 2. The molecule has 122 valence electrons. The molecule has 1 aromatic carbocycles. The molecule has 0 saturated carbocycles. The lowest BCUT2D eigenvalue weighted by Gasteiger charge is -2.10. The third kappa shape index (κ3) is 4.09. The molecule has 7 heteroatoms. The van der Waals surface area contributed by atoms with Gasteiger partial charge in [0.1, 0.15) is 5.69 Å². The van der Waals surface area contributed by atoms with Crippen LogP contribution < -0.4 is 10.1 Å².